The van der Waals surface area contributed by atoms with Gasteiger partial charge in [0.25, 0.3) is 0 Å². The van der Waals surface area contributed by atoms with Gasteiger partial charge in [0.05, 0.1) is 6.10 Å². The van der Waals surface area contributed by atoms with Crippen LogP contribution in [0.25, 0.3) is 0 Å². The first-order valence-electron chi connectivity index (χ1n) is 4.53. The van der Waals surface area contributed by atoms with Crippen LogP contribution in [0.3, 0.4) is 0 Å². The van der Waals surface area contributed by atoms with E-state index in [0.717, 1.165) is 6.42 Å². The lowest BCUT2D eigenvalue weighted by atomic mass is 9.96. The van der Waals surface area contributed by atoms with Crippen LogP contribution in [0.1, 0.15) is 31.7 Å². The maximum atomic E-state index is 9.24. The summed E-state index contributed by atoms with van der Waals surface area (Å²) in [6.45, 7) is 3.98. The smallest absolute Gasteiger partial charge is 0.0517 e. The van der Waals surface area contributed by atoms with Crippen LogP contribution in [-0.2, 0) is 0 Å². The topological polar surface area (TPSA) is 20.2 Å². The molecule has 1 N–H and O–H groups in total. The molecule has 2 atom stereocenters. The zero-order valence-corrected chi connectivity index (χ0v) is 10.2. The largest absolute Gasteiger partial charge is 0.393 e. The van der Waals surface area contributed by atoms with Gasteiger partial charge in [-0.05, 0) is 59.5 Å². The van der Waals surface area contributed by atoms with Gasteiger partial charge < -0.3 is 5.11 Å². The van der Waals surface area contributed by atoms with E-state index in [0.29, 0.717) is 5.92 Å². The second-order valence-electron chi connectivity index (χ2n) is 3.54. The fraction of sp³-hybridized carbons (Fsp3) is 0.455. The molecule has 0 spiro atoms. The van der Waals surface area contributed by atoms with Crippen molar-refractivity contribution in [2.24, 2.45) is 0 Å². The van der Waals surface area contributed by atoms with Crippen molar-refractivity contribution < 1.29 is 5.11 Å². The predicted molar refractivity (Wildman–Crippen MR) is 63.9 cm³/mol. The van der Waals surface area contributed by atoms with Crippen LogP contribution < -0.4 is 0 Å². The van der Waals surface area contributed by atoms with E-state index in [-0.39, 0.29) is 6.10 Å². The van der Waals surface area contributed by atoms with Gasteiger partial charge in [-0.2, -0.15) is 0 Å². The minimum absolute atomic E-state index is 0.214. The second kappa shape index (κ2) is 4.96. The van der Waals surface area contributed by atoms with E-state index >= 15 is 0 Å². The molecule has 0 aromatic heterocycles. The van der Waals surface area contributed by atoms with E-state index in [4.69, 9.17) is 0 Å². The van der Waals surface area contributed by atoms with E-state index < -0.39 is 0 Å². The van der Waals surface area contributed by atoms with Crippen LogP contribution in [0.15, 0.2) is 24.3 Å². The Bertz CT molecular complexity index is 253. The first-order valence-corrected chi connectivity index (χ1v) is 5.61. The molecule has 0 aliphatic heterocycles. The Balaban J connectivity index is 2.66. The van der Waals surface area contributed by atoms with E-state index in [1.807, 2.05) is 6.92 Å². The monoisotopic (exact) mass is 290 g/mol. The Hall–Kier alpha value is -0.0900. The molecule has 0 amide bonds. The quantitative estimate of drug-likeness (QED) is 0.848. The van der Waals surface area contributed by atoms with Crippen molar-refractivity contribution in [1.82, 2.24) is 0 Å². The summed E-state index contributed by atoms with van der Waals surface area (Å²) in [7, 11) is 0. The predicted octanol–water partition coefficient (Wildman–Crippen LogP) is 3.17. The first kappa shape index (κ1) is 11.0. The van der Waals surface area contributed by atoms with Crippen LogP contribution in [0.5, 0.6) is 0 Å². The summed E-state index contributed by atoms with van der Waals surface area (Å²) in [5.41, 5.74) is 1.31. The minimum Gasteiger partial charge on any atom is -0.393 e. The lowest BCUT2D eigenvalue weighted by Crippen LogP contribution is -2.05. The molecule has 0 heterocycles. The highest BCUT2D eigenvalue weighted by atomic mass is 127. The molecule has 1 aromatic rings. The van der Waals surface area contributed by atoms with Gasteiger partial charge in [0, 0.05) is 3.57 Å². The van der Waals surface area contributed by atoms with Crippen LogP contribution in [0.4, 0.5) is 0 Å². The molecule has 2 heteroatoms. The SMILES string of the molecule is CC(O)C[C@H](C)c1ccc(I)cc1. The van der Waals surface area contributed by atoms with E-state index in [1.165, 1.54) is 9.13 Å². The number of aliphatic hydroxyl groups excluding tert-OH is 1. The third kappa shape index (κ3) is 3.65. The van der Waals surface area contributed by atoms with Crippen LogP contribution in [0, 0.1) is 3.57 Å². The molecule has 1 aromatic carbocycles. The fourth-order valence-electron chi connectivity index (χ4n) is 1.44. The molecule has 0 aliphatic carbocycles. The summed E-state index contributed by atoms with van der Waals surface area (Å²) in [4.78, 5) is 0. The Labute approximate surface area is 93.3 Å². The molecule has 0 fully saturated rings. The third-order valence-electron chi connectivity index (χ3n) is 2.13. The third-order valence-corrected chi connectivity index (χ3v) is 2.85. The van der Waals surface area contributed by atoms with Crippen molar-refractivity contribution in [3.8, 4) is 0 Å². The zero-order valence-electron chi connectivity index (χ0n) is 8.00. The van der Waals surface area contributed by atoms with Gasteiger partial charge >= 0.3 is 0 Å². The van der Waals surface area contributed by atoms with Gasteiger partial charge in [0.15, 0.2) is 0 Å². The highest BCUT2D eigenvalue weighted by Gasteiger charge is 2.07. The van der Waals surface area contributed by atoms with E-state index in [9.17, 15) is 5.11 Å². The maximum Gasteiger partial charge on any atom is 0.0517 e. The van der Waals surface area contributed by atoms with Crippen molar-refractivity contribution in [3.63, 3.8) is 0 Å². The van der Waals surface area contributed by atoms with Crippen LogP contribution in [0.2, 0.25) is 0 Å². The maximum absolute atomic E-state index is 9.24. The molecular weight excluding hydrogens is 275 g/mol. The van der Waals surface area contributed by atoms with Crippen LogP contribution in [-0.4, -0.2) is 11.2 Å². The van der Waals surface area contributed by atoms with Gasteiger partial charge in [0.2, 0.25) is 0 Å². The molecule has 0 saturated carbocycles. The summed E-state index contributed by atoms with van der Waals surface area (Å²) >= 11 is 2.30. The minimum atomic E-state index is -0.214. The number of benzene rings is 1. The first-order chi connectivity index (χ1) is 6.09. The molecule has 72 valence electrons. The normalized spacial score (nSPS) is 15.4. The van der Waals surface area contributed by atoms with Crippen molar-refractivity contribution in [2.45, 2.75) is 32.3 Å². The van der Waals surface area contributed by atoms with E-state index in [1.54, 1.807) is 0 Å². The van der Waals surface area contributed by atoms with Crippen molar-refractivity contribution in [2.75, 3.05) is 0 Å². The van der Waals surface area contributed by atoms with Crippen molar-refractivity contribution in [3.05, 3.63) is 33.4 Å². The summed E-state index contributed by atoms with van der Waals surface area (Å²) in [5, 5.41) is 9.24. The Morgan fingerprint density at radius 2 is 1.77 bits per heavy atom. The number of hydrogen-bond donors (Lipinski definition) is 1. The molecule has 0 radical (unpaired) electrons. The summed E-state index contributed by atoms with van der Waals surface area (Å²) < 4.78 is 1.26. The van der Waals surface area contributed by atoms with Gasteiger partial charge in [0.1, 0.15) is 0 Å². The summed E-state index contributed by atoms with van der Waals surface area (Å²) in [5.74, 6) is 0.442. The number of rotatable bonds is 3. The molecule has 0 aliphatic rings. The molecular formula is C11H15IO. The molecule has 1 rings (SSSR count). The van der Waals surface area contributed by atoms with Crippen molar-refractivity contribution in [1.29, 1.82) is 0 Å². The second-order valence-corrected chi connectivity index (χ2v) is 4.78. The highest BCUT2D eigenvalue weighted by molar-refractivity contribution is 14.1. The number of hydrogen-bond acceptors (Lipinski definition) is 1. The van der Waals surface area contributed by atoms with Gasteiger partial charge in [-0.25, -0.2) is 0 Å². The van der Waals surface area contributed by atoms with Crippen molar-refractivity contribution >= 4 is 22.6 Å². The van der Waals surface area contributed by atoms with Crippen LogP contribution >= 0.6 is 22.6 Å². The average molecular weight is 290 g/mol. The fourth-order valence-corrected chi connectivity index (χ4v) is 1.80. The average Bonchev–Trinajstić information content (AvgIpc) is 2.04. The lowest BCUT2D eigenvalue weighted by Gasteiger charge is -2.13. The summed E-state index contributed by atoms with van der Waals surface area (Å²) in [6, 6.07) is 8.48. The molecule has 13 heavy (non-hydrogen) atoms. The van der Waals surface area contributed by atoms with Gasteiger partial charge in [-0.3, -0.25) is 0 Å². The molecule has 0 bridgehead atoms. The van der Waals surface area contributed by atoms with Gasteiger partial charge in [-0.15, -0.1) is 0 Å². The highest BCUT2D eigenvalue weighted by Crippen LogP contribution is 2.21. The summed E-state index contributed by atoms with van der Waals surface area (Å²) in [6.07, 6.45) is 0.620. The molecule has 0 saturated heterocycles. The number of aliphatic hydroxyl groups is 1. The van der Waals surface area contributed by atoms with E-state index in [2.05, 4.69) is 53.8 Å². The Kier molecular flexibility index (Phi) is 4.19. The Morgan fingerprint density at radius 1 is 1.23 bits per heavy atom. The molecule has 1 unspecified atom stereocenters. The zero-order chi connectivity index (χ0) is 9.84. The molecule has 1 nitrogen and oxygen atoms in total. The Morgan fingerprint density at radius 3 is 2.23 bits per heavy atom. The van der Waals surface area contributed by atoms with Gasteiger partial charge in [-0.1, -0.05) is 19.1 Å². The number of halogens is 1. The lowest BCUT2D eigenvalue weighted by molar-refractivity contribution is 0.176. The standard InChI is InChI=1S/C11H15IO/c1-8(7-9(2)13)10-3-5-11(12)6-4-10/h3-6,8-9,13H,7H2,1-2H3/t8-,9?/m0/s1.